The Labute approximate surface area is 104 Å². The first-order valence-electron chi connectivity index (χ1n) is 6.70. The Hall–Kier alpha value is -0.610. The molecule has 0 saturated carbocycles. The molecule has 2 fully saturated rings. The smallest absolute Gasteiger partial charge is 0.222 e. The second-order valence-electron chi connectivity index (χ2n) is 6.03. The molecule has 1 unspecified atom stereocenters. The third-order valence-electron chi connectivity index (χ3n) is 3.64. The predicted octanol–water partition coefficient (Wildman–Crippen LogP) is 0.844. The first-order valence-corrected chi connectivity index (χ1v) is 6.70. The maximum atomic E-state index is 11.7. The summed E-state index contributed by atoms with van der Waals surface area (Å²) in [7, 11) is 0. The fourth-order valence-corrected chi connectivity index (χ4v) is 3.03. The molecule has 4 heteroatoms. The van der Waals surface area contributed by atoms with E-state index in [4.69, 9.17) is 0 Å². The number of β-amino-alcohol motifs (C(OH)–C–C–N with tert-alkyl or cyclic N) is 1. The van der Waals surface area contributed by atoms with Gasteiger partial charge >= 0.3 is 0 Å². The number of carbonyl (C=O) groups is 1. The van der Waals surface area contributed by atoms with Crippen molar-refractivity contribution in [3.63, 3.8) is 0 Å². The highest BCUT2D eigenvalue weighted by atomic mass is 16.3. The molecular weight excluding hydrogens is 216 g/mol. The molecule has 0 radical (unpaired) electrons. The third kappa shape index (κ3) is 3.42. The molecule has 2 aliphatic rings. The van der Waals surface area contributed by atoms with E-state index in [1.165, 1.54) is 0 Å². The van der Waals surface area contributed by atoms with Crippen LogP contribution >= 0.6 is 0 Å². The number of rotatable bonds is 3. The Morgan fingerprint density at radius 3 is 2.71 bits per heavy atom. The maximum Gasteiger partial charge on any atom is 0.222 e. The first-order chi connectivity index (χ1) is 7.96. The highest BCUT2D eigenvalue weighted by Gasteiger charge is 2.32. The number of hydrogen-bond donors (Lipinski definition) is 1. The van der Waals surface area contributed by atoms with Gasteiger partial charge in [-0.3, -0.25) is 9.69 Å². The van der Waals surface area contributed by atoms with Crippen molar-refractivity contribution in [1.82, 2.24) is 9.80 Å². The van der Waals surface area contributed by atoms with Crippen LogP contribution in [0.4, 0.5) is 0 Å². The van der Waals surface area contributed by atoms with Crippen LogP contribution in [-0.2, 0) is 4.79 Å². The van der Waals surface area contributed by atoms with Crippen LogP contribution in [0.5, 0.6) is 0 Å². The van der Waals surface area contributed by atoms with E-state index in [2.05, 4.69) is 9.80 Å². The Bertz CT molecular complexity index is 286. The second kappa shape index (κ2) is 4.94. The lowest BCUT2D eigenvalue weighted by Crippen LogP contribution is -2.51. The van der Waals surface area contributed by atoms with Gasteiger partial charge in [-0.1, -0.05) is 0 Å². The second-order valence-corrected chi connectivity index (χ2v) is 6.03. The minimum absolute atomic E-state index is 0.320. The van der Waals surface area contributed by atoms with Crippen LogP contribution in [0.15, 0.2) is 0 Å². The molecule has 0 aromatic heterocycles. The molecular formula is C13H24N2O2. The van der Waals surface area contributed by atoms with E-state index in [0.29, 0.717) is 18.5 Å². The van der Waals surface area contributed by atoms with E-state index in [-0.39, 0.29) is 0 Å². The zero-order valence-electron chi connectivity index (χ0n) is 11.0. The van der Waals surface area contributed by atoms with E-state index < -0.39 is 5.60 Å². The van der Waals surface area contributed by atoms with Crippen molar-refractivity contribution in [1.29, 1.82) is 0 Å². The maximum absolute atomic E-state index is 11.7. The SMILES string of the molecule is CC(C)(O)CN1CCCC(N2CCCC2=O)C1. The average Bonchev–Trinajstić information content (AvgIpc) is 2.62. The van der Waals surface area contributed by atoms with Crippen molar-refractivity contribution in [2.45, 2.75) is 51.2 Å². The van der Waals surface area contributed by atoms with Crippen LogP contribution in [0.2, 0.25) is 0 Å². The molecule has 1 amide bonds. The lowest BCUT2D eigenvalue weighted by molar-refractivity contribution is -0.130. The Morgan fingerprint density at radius 2 is 2.12 bits per heavy atom. The van der Waals surface area contributed by atoms with E-state index in [1.54, 1.807) is 0 Å². The highest BCUT2D eigenvalue weighted by Crippen LogP contribution is 2.22. The monoisotopic (exact) mass is 240 g/mol. The Morgan fingerprint density at radius 1 is 1.35 bits per heavy atom. The predicted molar refractivity (Wildman–Crippen MR) is 66.7 cm³/mol. The Balaban J connectivity index is 1.90. The molecule has 17 heavy (non-hydrogen) atoms. The standard InChI is InChI=1S/C13H24N2O2/c1-13(2,17)10-14-7-3-5-11(9-14)15-8-4-6-12(15)16/h11,17H,3-10H2,1-2H3. The summed E-state index contributed by atoms with van der Waals surface area (Å²) >= 11 is 0. The summed E-state index contributed by atoms with van der Waals surface area (Å²) in [5.74, 6) is 0.320. The summed E-state index contributed by atoms with van der Waals surface area (Å²) in [5, 5.41) is 9.85. The van der Waals surface area contributed by atoms with Gasteiger partial charge in [0.05, 0.1) is 5.60 Å². The van der Waals surface area contributed by atoms with Gasteiger partial charge in [-0.15, -0.1) is 0 Å². The molecule has 2 heterocycles. The van der Waals surface area contributed by atoms with Gasteiger partial charge in [0.25, 0.3) is 0 Å². The van der Waals surface area contributed by atoms with Gasteiger partial charge in [-0.05, 0) is 39.7 Å². The quantitative estimate of drug-likeness (QED) is 0.795. The molecule has 1 atom stereocenters. The van der Waals surface area contributed by atoms with Gasteiger partial charge in [0.2, 0.25) is 5.91 Å². The highest BCUT2D eigenvalue weighted by molar-refractivity contribution is 5.78. The van der Waals surface area contributed by atoms with Crippen molar-refractivity contribution >= 4 is 5.91 Å². The van der Waals surface area contributed by atoms with E-state index in [9.17, 15) is 9.90 Å². The summed E-state index contributed by atoms with van der Waals surface area (Å²) in [6.07, 6.45) is 3.99. The van der Waals surface area contributed by atoms with Crippen molar-refractivity contribution in [2.24, 2.45) is 0 Å². The van der Waals surface area contributed by atoms with Crippen LogP contribution in [0.1, 0.15) is 39.5 Å². The third-order valence-corrected chi connectivity index (χ3v) is 3.64. The summed E-state index contributed by atoms with van der Waals surface area (Å²) in [5.41, 5.74) is -0.642. The molecule has 0 spiro atoms. The summed E-state index contributed by atoms with van der Waals surface area (Å²) < 4.78 is 0. The van der Waals surface area contributed by atoms with Crippen LogP contribution in [-0.4, -0.2) is 58.6 Å². The number of carbonyl (C=O) groups excluding carboxylic acids is 1. The fraction of sp³-hybridized carbons (Fsp3) is 0.923. The number of aliphatic hydroxyl groups is 1. The molecule has 4 nitrogen and oxygen atoms in total. The van der Waals surface area contributed by atoms with Gasteiger partial charge < -0.3 is 10.0 Å². The zero-order chi connectivity index (χ0) is 12.5. The van der Waals surface area contributed by atoms with Crippen molar-refractivity contribution in [2.75, 3.05) is 26.2 Å². The number of hydrogen-bond acceptors (Lipinski definition) is 3. The molecule has 1 N–H and O–H groups in total. The normalized spacial score (nSPS) is 27.8. The minimum Gasteiger partial charge on any atom is -0.389 e. The van der Waals surface area contributed by atoms with Crippen LogP contribution in [0.3, 0.4) is 0 Å². The van der Waals surface area contributed by atoms with Crippen molar-refractivity contribution in [3.8, 4) is 0 Å². The Kier molecular flexibility index (Phi) is 3.73. The minimum atomic E-state index is -0.642. The van der Waals surface area contributed by atoms with Gasteiger partial charge in [-0.2, -0.15) is 0 Å². The van der Waals surface area contributed by atoms with Gasteiger partial charge in [-0.25, -0.2) is 0 Å². The summed E-state index contributed by atoms with van der Waals surface area (Å²) in [6.45, 7) is 7.29. The lowest BCUT2D eigenvalue weighted by Gasteiger charge is -2.39. The van der Waals surface area contributed by atoms with E-state index in [0.717, 1.165) is 45.3 Å². The zero-order valence-corrected chi connectivity index (χ0v) is 11.0. The molecule has 2 rings (SSSR count). The number of piperidine rings is 1. The molecule has 98 valence electrons. The summed E-state index contributed by atoms with van der Waals surface area (Å²) in [6, 6.07) is 0.376. The molecule has 0 aromatic carbocycles. The topological polar surface area (TPSA) is 43.8 Å². The fourth-order valence-electron chi connectivity index (χ4n) is 3.03. The van der Waals surface area contributed by atoms with E-state index >= 15 is 0 Å². The van der Waals surface area contributed by atoms with E-state index in [1.807, 2.05) is 13.8 Å². The largest absolute Gasteiger partial charge is 0.389 e. The molecule has 2 aliphatic heterocycles. The first kappa shape index (κ1) is 12.8. The number of nitrogens with zero attached hydrogens (tertiary/aromatic N) is 2. The number of likely N-dealkylation sites (tertiary alicyclic amines) is 2. The van der Waals surface area contributed by atoms with Crippen LogP contribution < -0.4 is 0 Å². The molecule has 2 saturated heterocycles. The van der Waals surface area contributed by atoms with Crippen LogP contribution in [0.25, 0.3) is 0 Å². The van der Waals surface area contributed by atoms with Crippen LogP contribution in [0, 0.1) is 0 Å². The van der Waals surface area contributed by atoms with Crippen molar-refractivity contribution < 1.29 is 9.90 Å². The molecule has 0 bridgehead atoms. The van der Waals surface area contributed by atoms with Gasteiger partial charge in [0.15, 0.2) is 0 Å². The average molecular weight is 240 g/mol. The number of amides is 1. The molecule has 0 aromatic rings. The summed E-state index contributed by atoms with van der Waals surface area (Å²) in [4.78, 5) is 16.1. The van der Waals surface area contributed by atoms with Gasteiger partial charge in [0.1, 0.15) is 0 Å². The molecule has 0 aliphatic carbocycles. The van der Waals surface area contributed by atoms with Crippen molar-refractivity contribution in [3.05, 3.63) is 0 Å². The van der Waals surface area contributed by atoms with Gasteiger partial charge in [0, 0.05) is 32.1 Å². The lowest BCUT2D eigenvalue weighted by atomic mass is 10.0.